The Balaban J connectivity index is 1.41. The minimum atomic E-state index is 0.115. The second kappa shape index (κ2) is 8.91. The molecule has 0 aliphatic carbocycles. The van der Waals surface area contributed by atoms with Crippen LogP contribution in [0, 0.1) is 0 Å². The third-order valence-corrected chi connectivity index (χ3v) is 5.50. The molecule has 2 aliphatic heterocycles. The minimum Gasteiger partial charge on any atom is -0.378 e. The molecule has 2 saturated heterocycles. The lowest BCUT2D eigenvalue weighted by atomic mass is 10.1. The largest absolute Gasteiger partial charge is 0.378 e. The van der Waals surface area contributed by atoms with Crippen molar-refractivity contribution in [3.8, 4) is 11.3 Å². The molecule has 0 saturated carbocycles. The van der Waals surface area contributed by atoms with Crippen LogP contribution in [0.5, 0.6) is 0 Å². The van der Waals surface area contributed by atoms with E-state index in [2.05, 4.69) is 49.8 Å². The second-order valence-electron chi connectivity index (χ2n) is 7.50. The lowest BCUT2D eigenvalue weighted by Gasteiger charge is -2.28. The van der Waals surface area contributed by atoms with Crippen molar-refractivity contribution in [2.45, 2.75) is 6.10 Å². The van der Waals surface area contributed by atoms with Crippen LogP contribution in [-0.4, -0.2) is 73.6 Å². The molecule has 0 spiro atoms. The van der Waals surface area contributed by atoms with Crippen molar-refractivity contribution < 1.29 is 9.47 Å². The Kier molecular flexibility index (Phi) is 5.69. The van der Waals surface area contributed by atoms with Crippen molar-refractivity contribution >= 4 is 22.5 Å². The first-order valence-corrected chi connectivity index (χ1v) is 10.5. The van der Waals surface area contributed by atoms with Gasteiger partial charge in [0.05, 0.1) is 37.1 Å². The van der Waals surface area contributed by atoms with Crippen LogP contribution in [0.25, 0.3) is 22.3 Å². The molecule has 1 atom stereocenters. The van der Waals surface area contributed by atoms with Crippen molar-refractivity contribution in [3.63, 3.8) is 0 Å². The quantitative estimate of drug-likeness (QED) is 0.665. The summed E-state index contributed by atoms with van der Waals surface area (Å²) in [7, 11) is 0. The van der Waals surface area contributed by atoms with Gasteiger partial charge in [0.25, 0.3) is 0 Å². The molecule has 4 heterocycles. The van der Waals surface area contributed by atoms with Gasteiger partial charge in [0, 0.05) is 56.4 Å². The Morgan fingerprint density at radius 2 is 1.90 bits per heavy atom. The molecular weight excluding hydrogens is 380 g/mol. The monoisotopic (exact) mass is 406 g/mol. The highest BCUT2D eigenvalue weighted by Gasteiger charge is 2.16. The van der Waals surface area contributed by atoms with Gasteiger partial charge in [-0.3, -0.25) is 4.98 Å². The van der Waals surface area contributed by atoms with E-state index in [4.69, 9.17) is 14.5 Å². The van der Waals surface area contributed by atoms with Gasteiger partial charge < -0.3 is 25.0 Å². The predicted octanol–water partition coefficient (Wildman–Crippen LogP) is 1.93. The van der Waals surface area contributed by atoms with E-state index in [-0.39, 0.29) is 6.10 Å². The van der Waals surface area contributed by atoms with Crippen molar-refractivity contribution in [2.75, 3.05) is 62.8 Å². The highest BCUT2D eigenvalue weighted by atomic mass is 16.5. The van der Waals surface area contributed by atoms with E-state index in [0.717, 1.165) is 74.1 Å². The van der Waals surface area contributed by atoms with Crippen LogP contribution < -0.4 is 15.5 Å². The lowest BCUT2D eigenvalue weighted by molar-refractivity contribution is 0.0372. The summed E-state index contributed by atoms with van der Waals surface area (Å²) >= 11 is 0. The molecule has 2 aliphatic rings. The van der Waals surface area contributed by atoms with Gasteiger partial charge in [0.15, 0.2) is 5.82 Å². The Morgan fingerprint density at radius 3 is 2.70 bits per heavy atom. The molecule has 1 aromatic carbocycles. The predicted molar refractivity (Wildman–Crippen MR) is 117 cm³/mol. The van der Waals surface area contributed by atoms with Gasteiger partial charge in [-0.2, -0.15) is 0 Å². The fourth-order valence-electron chi connectivity index (χ4n) is 3.87. The van der Waals surface area contributed by atoms with E-state index in [1.807, 2.05) is 6.07 Å². The number of ether oxygens (including phenoxy) is 2. The number of hydrogen-bond acceptors (Lipinski definition) is 8. The number of benzene rings is 1. The standard InChI is InChI=1S/C22H26N6O2/c1-3-17(28-8-11-29-12-9-28)4-2-16(1)19-13-20-21(25-6-5-24-20)22(27-19)26-15-18-14-23-7-10-30-18/h1-6,13,18,23H,7-12,14-15H2,(H,26,27)/t18-/m0/s1. The average Bonchev–Trinajstić information content (AvgIpc) is 2.84. The molecule has 0 amide bonds. The summed E-state index contributed by atoms with van der Waals surface area (Å²) in [6.45, 7) is 6.55. The molecule has 30 heavy (non-hydrogen) atoms. The molecule has 0 bridgehead atoms. The molecule has 8 nitrogen and oxygen atoms in total. The van der Waals surface area contributed by atoms with Gasteiger partial charge in [-0.05, 0) is 18.2 Å². The van der Waals surface area contributed by atoms with Gasteiger partial charge >= 0.3 is 0 Å². The number of rotatable bonds is 5. The second-order valence-corrected chi connectivity index (χ2v) is 7.50. The molecule has 0 radical (unpaired) electrons. The van der Waals surface area contributed by atoms with Gasteiger partial charge in [-0.25, -0.2) is 9.97 Å². The smallest absolute Gasteiger partial charge is 0.154 e. The first-order valence-electron chi connectivity index (χ1n) is 10.5. The Hall–Kier alpha value is -2.81. The summed E-state index contributed by atoms with van der Waals surface area (Å²) in [4.78, 5) is 16.2. The van der Waals surface area contributed by atoms with Gasteiger partial charge in [-0.15, -0.1) is 0 Å². The van der Waals surface area contributed by atoms with Crippen LogP contribution >= 0.6 is 0 Å². The number of pyridine rings is 1. The first-order chi connectivity index (χ1) is 14.9. The van der Waals surface area contributed by atoms with Crippen molar-refractivity contribution in [3.05, 3.63) is 42.7 Å². The number of nitrogens with zero attached hydrogens (tertiary/aromatic N) is 4. The summed E-state index contributed by atoms with van der Waals surface area (Å²) < 4.78 is 11.2. The molecule has 5 rings (SSSR count). The highest BCUT2D eigenvalue weighted by Crippen LogP contribution is 2.27. The Morgan fingerprint density at radius 1 is 1.07 bits per heavy atom. The summed E-state index contributed by atoms with van der Waals surface area (Å²) in [6, 6.07) is 10.5. The van der Waals surface area contributed by atoms with E-state index in [1.54, 1.807) is 12.4 Å². The maximum atomic E-state index is 5.80. The fraction of sp³-hybridized carbons (Fsp3) is 0.409. The zero-order chi connectivity index (χ0) is 20.2. The van der Waals surface area contributed by atoms with Crippen LogP contribution in [0.1, 0.15) is 0 Å². The van der Waals surface area contributed by atoms with E-state index in [1.165, 1.54) is 5.69 Å². The van der Waals surface area contributed by atoms with Gasteiger partial charge in [0.2, 0.25) is 0 Å². The van der Waals surface area contributed by atoms with Crippen LogP contribution in [0.2, 0.25) is 0 Å². The molecule has 156 valence electrons. The maximum Gasteiger partial charge on any atom is 0.154 e. The third-order valence-electron chi connectivity index (χ3n) is 5.50. The molecule has 3 aromatic rings. The molecule has 2 N–H and O–H groups in total. The number of nitrogens with one attached hydrogen (secondary N) is 2. The number of fused-ring (bicyclic) bond motifs is 1. The van der Waals surface area contributed by atoms with Gasteiger partial charge in [0.1, 0.15) is 5.52 Å². The van der Waals surface area contributed by atoms with Crippen molar-refractivity contribution in [1.29, 1.82) is 0 Å². The topological polar surface area (TPSA) is 84.4 Å². The van der Waals surface area contributed by atoms with E-state index in [0.29, 0.717) is 6.54 Å². The van der Waals surface area contributed by atoms with E-state index < -0.39 is 0 Å². The zero-order valence-electron chi connectivity index (χ0n) is 16.9. The highest BCUT2D eigenvalue weighted by molar-refractivity contribution is 5.88. The zero-order valence-corrected chi connectivity index (χ0v) is 16.9. The number of aromatic nitrogens is 3. The van der Waals surface area contributed by atoms with E-state index >= 15 is 0 Å². The SMILES string of the molecule is c1cnc2c(NC[C@@H]3CNCCO3)nc(-c3ccc(N4CCOCC4)cc3)cc2n1. The maximum absolute atomic E-state index is 5.80. The summed E-state index contributed by atoms with van der Waals surface area (Å²) in [6.07, 6.45) is 3.53. The van der Waals surface area contributed by atoms with E-state index in [9.17, 15) is 0 Å². The number of morpholine rings is 2. The fourth-order valence-corrected chi connectivity index (χ4v) is 3.87. The molecular formula is C22H26N6O2. The summed E-state index contributed by atoms with van der Waals surface area (Å²) in [5.74, 6) is 0.738. The number of anilines is 2. The van der Waals surface area contributed by atoms with Crippen LogP contribution in [0.4, 0.5) is 11.5 Å². The molecule has 2 fully saturated rings. The minimum absolute atomic E-state index is 0.115. The Bertz CT molecular complexity index is 985. The summed E-state index contributed by atoms with van der Waals surface area (Å²) in [5, 5.41) is 6.78. The summed E-state index contributed by atoms with van der Waals surface area (Å²) in [5.41, 5.74) is 4.74. The van der Waals surface area contributed by atoms with Gasteiger partial charge in [-0.1, -0.05) is 12.1 Å². The molecule has 8 heteroatoms. The normalized spacial score (nSPS) is 19.7. The lowest BCUT2D eigenvalue weighted by Crippen LogP contribution is -2.42. The van der Waals surface area contributed by atoms with Crippen LogP contribution in [0.15, 0.2) is 42.7 Å². The van der Waals surface area contributed by atoms with Crippen LogP contribution in [-0.2, 0) is 9.47 Å². The van der Waals surface area contributed by atoms with Crippen molar-refractivity contribution in [2.24, 2.45) is 0 Å². The first kappa shape index (κ1) is 19.2. The molecule has 2 aromatic heterocycles. The molecule has 0 unspecified atom stereocenters. The Labute approximate surface area is 175 Å². The average molecular weight is 406 g/mol. The van der Waals surface area contributed by atoms with Crippen LogP contribution in [0.3, 0.4) is 0 Å². The van der Waals surface area contributed by atoms with Crippen molar-refractivity contribution in [1.82, 2.24) is 20.3 Å². The third kappa shape index (κ3) is 4.21. The number of hydrogen-bond donors (Lipinski definition) is 2.